The van der Waals surface area contributed by atoms with Gasteiger partial charge in [-0.3, -0.25) is 24.0 Å². The first kappa shape index (κ1) is 25.1. The molecular weight excluding hydrogens is 398 g/mol. The molecule has 158 valence electrons. The Morgan fingerprint density at radius 2 is 1.43 bits per heavy atom. The zero-order chi connectivity index (χ0) is 22.0. The van der Waals surface area contributed by atoms with Gasteiger partial charge in [0.2, 0.25) is 23.6 Å². The Kier molecular flexibility index (Phi) is 10.6. The van der Waals surface area contributed by atoms with Crippen molar-refractivity contribution in [2.75, 3.05) is 5.75 Å². The van der Waals surface area contributed by atoms with E-state index in [4.69, 9.17) is 21.7 Å². The summed E-state index contributed by atoms with van der Waals surface area (Å²) in [5.74, 6) is -6.80. The van der Waals surface area contributed by atoms with Gasteiger partial charge >= 0.3 is 11.9 Å². The third kappa shape index (κ3) is 9.18. The fourth-order valence-electron chi connectivity index (χ4n) is 1.82. The number of primary amides is 1. The summed E-state index contributed by atoms with van der Waals surface area (Å²) in [6.45, 7) is 1.27. The Hall–Kier alpha value is -2.87. The van der Waals surface area contributed by atoms with Gasteiger partial charge in [0.25, 0.3) is 0 Å². The van der Waals surface area contributed by atoms with Crippen LogP contribution in [0.4, 0.5) is 0 Å². The maximum atomic E-state index is 12.2. The number of carboxylic acids is 2. The lowest BCUT2D eigenvalue weighted by molar-refractivity contribution is -0.144. The summed E-state index contributed by atoms with van der Waals surface area (Å²) in [7, 11) is 0. The van der Waals surface area contributed by atoms with Crippen LogP contribution in [0.1, 0.15) is 19.8 Å². The average molecular weight is 421 g/mol. The average Bonchev–Trinajstić information content (AvgIpc) is 2.58. The predicted molar refractivity (Wildman–Crippen MR) is 97.0 cm³/mol. The van der Waals surface area contributed by atoms with Gasteiger partial charge in [-0.2, -0.15) is 12.6 Å². The maximum Gasteiger partial charge on any atom is 0.326 e. The molecule has 0 bridgehead atoms. The van der Waals surface area contributed by atoms with E-state index in [1.807, 2.05) is 5.32 Å². The summed E-state index contributed by atoms with van der Waals surface area (Å²) in [4.78, 5) is 68.9. The Balaban J connectivity index is 5.14. The van der Waals surface area contributed by atoms with Crippen LogP contribution in [-0.4, -0.2) is 75.7 Å². The molecule has 0 aliphatic carbocycles. The number of hydrogen-bond donors (Lipinski definition) is 8. The molecule has 4 atom stereocenters. The van der Waals surface area contributed by atoms with Gasteiger partial charge < -0.3 is 37.6 Å². The van der Waals surface area contributed by atoms with Gasteiger partial charge in [0.05, 0.1) is 18.9 Å². The molecule has 4 unspecified atom stereocenters. The fraction of sp³-hybridized carbons (Fsp3) is 0.571. The molecule has 0 aromatic heterocycles. The number of carboxylic acid groups (broad SMARTS) is 2. The largest absolute Gasteiger partial charge is 0.481 e. The number of thiol groups is 1. The van der Waals surface area contributed by atoms with E-state index < -0.39 is 72.6 Å². The Morgan fingerprint density at radius 1 is 0.893 bits per heavy atom. The second-order valence-corrected chi connectivity index (χ2v) is 6.11. The zero-order valence-electron chi connectivity index (χ0n) is 14.9. The molecule has 0 saturated heterocycles. The van der Waals surface area contributed by atoms with Crippen LogP contribution in [0, 0.1) is 0 Å². The van der Waals surface area contributed by atoms with Crippen molar-refractivity contribution in [3.8, 4) is 0 Å². The zero-order valence-corrected chi connectivity index (χ0v) is 15.8. The molecule has 0 aromatic carbocycles. The molecule has 0 aromatic rings. The minimum atomic E-state index is -1.70. The minimum Gasteiger partial charge on any atom is -0.481 e. The molecule has 0 spiro atoms. The molecule has 0 aliphatic rings. The van der Waals surface area contributed by atoms with Crippen molar-refractivity contribution in [3.05, 3.63) is 0 Å². The third-order valence-corrected chi connectivity index (χ3v) is 3.71. The number of hydrogen-bond acceptors (Lipinski definition) is 8. The van der Waals surface area contributed by atoms with Gasteiger partial charge in [-0.25, -0.2) is 4.79 Å². The van der Waals surface area contributed by atoms with E-state index >= 15 is 0 Å². The number of nitrogens with one attached hydrogen (secondary N) is 3. The standard InChI is InChI=1S/C14H23N5O8S/c1-5(17-12(24)6(15)4-28)11(23)18-7(3-10(21)22)13(25)19-8(14(26)27)2-9(16)20/h5-8,28H,2-4,15H2,1H3,(H2,16,20)(H,17,24)(H,18,23)(H,19,25)(H,21,22)(H,26,27). The molecule has 0 rings (SSSR count). The summed E-state index contributed by atoms with van der Waals surface area (Å²) < 4.78 is 0. The smallest absolute Gasteiger partial charge is 0.326 e. The second-order valence-electron chi connectivity index (χ2n) is 5.75. The third-order valence-electron chi connectivity index (χ3n) is 3.32. The van der Waals surface area contributed by atoms with Crippen molar-refractivity contribution in [1.29, 1.82) is 0 Å². The van der Waals surface area contributed by atoms with E-state index in [2.05, 4.69) is 23.3 Å². The van der Waals surface area contributed by atoms with Crippen LogP contribution in [0.15, 0.2) is 0 Å². The van der Waals surface area contributed by atoms with Crippen molar-refractivity contribution in [2.24, 2.45) is 11.5 Å². The summed E-state index contributed by atoms with van der Waals surface area (Å²) in [6, 6.07) is -5.54. The second kappa shape index (κ2) is 11.8. The van der Waals surface area contributed by atoms with Crippen LogP contribution in [0.5, 0.6) is 0 Å². The Morgan fingerprint density at radius 3 is 1.86 bits per heavy atom. The molecule has 14 heteroatoms. The first-order chi connectivity index (χ1) is 12.9. The molecule has 9 N–H and O–H groups in total. The van der Waals surface area contributed by atoms with Gasteiger partial charge in [-0.05, 0) is 6.92 Å². The van der Waals surface area contributed by atoms with E-state index in [1.165, 1.54) is 6.92 Å². The highest BCUT2D eigenvalue weighted by molar-refractivity contribution is 7.80. The van der Waals surface area contributed by atoms with Gasteiger partial charge in [-0.1, -0.05) is 0 Å². The molecule has 13 nitrogen and oxygen atoms in total. The van der Waals surface area contributed by atoms with E-state index in [-0.39, 0.29) is 5.75 Å². The van der Waals surface area contributed by atoms with Crippen LogP contribution < -0.4 is 27.4 Å². The Labute approximate surface area is 165 Å². The molecule has 0 fully saturated rings. The molecule has 0 radical (unpaired) electrons. The van der Waals surface area contributed by atoms with Gasteiger partial charge in [0, 0.05) is 5.75 Å². The molecular formula is C14H23N5O8S. The van der Waals surface area contributed by atoms with Crippen molar-refractivity contribution < 1.29 is 39.0 Å². The van der Waals surface area contributed by atoms with Gasteiger partial charge in [-0.15, -0.1) is 0 Å². The lowest BCUT2D eigenvalue weighted by atomic mass is 10.1. The highest BCUT2D eigenvalue weighted by Crippen LogP contribution is 1.99. The monoisotopic (exact) mass is 421 g/mol. The van der Waals surface area contributed by atoms with E-state index in [1.54, 1.807) is 0 Å². The van der Waals surface area contributed by atoms with Gasteiger partial charge in [0.1, 0.15) is 18.1 Å². The maximum absolute atomic E-state index is 12.2. The number of nitrogens with two attached hydrogens (primary N) is 2. The molecule has 0 heterocycles. The van der Waals surface area contributed by atoms with Gasteiger partial charge in [0.15, 0.2) is 0 Å². The number of rotatable bonds is 12. The lowest BCUT2D eigenvalue weighted by Gasteiger charge is -2.22. The summed E-state index contributed by atoms with van der Waals surface area (Å²) >= 11 is 3.84. The summed E-state index contributed by atoms with van der Waals surface area (Å²) in [6.07, 6.45) is -1.61. The van der Waals surface area contributed by atoms with Crippen LogP contribution >= 0.6 is 12.6 Å². The van der Waals surface area contributed by atoms with Crippen molar-refractivity contribution >= 4 is 48.2 Å². The first-order valence-electron chi connectivity index (χ1n) is 7.89. The molecule has 4 amide bonds. The van der Waals surface area contributed by atoms with Crippen LogP contribution in [0.3, 0.4) is 0 Å². The van der Waals surface area contributed by atoms with Crippen molar-refractivity contribution in [3.63, 3.8) is 0 Å². The highest BCUT2D eigenvalue weighted by atomic mass is 32.1. The predicted octanol–water partition coefficient (Wildman–Crippen LogP) is -3.85. The summed E-state index contributed by atoms with van der Waals surface area (Å²) in [5.41, 5.74) is 10.3. The lowest BCUT2D eigenvalue weighted by Crippen LogP contribution is -2.57. The topological polar surface area (TPSA) is 231 Å². The van der Waals surface area contributed by atoms with E-state index in [0.29, 0.717) is 0 Å². The van der Waals surface area contributed by atoms with Crippen LogP contribution in [0.2, 0.25) is 0 Å². The van der Waals surface area contributed by atoms with Crippen molar-refractivity contribution in [1.82, 2.24) is 16.0 Å². The number of amides is 4. The van der Waals surface area contributed by atoms with Crippen molar-refractivity contribution in [2.45, 2.75) is 43.9 Å². The normalized spacial score (nSPS) is 14.7. The minimum absolute atomic E-state index is 0.0145. The molecule has 0 saturated carbocycles. The quantitative estimate of drug-likeness (QED) is 0.144. The van der Waals surface area contributed by atoms with E-state index in [0.717, 1.165) is 0 Å². The van der Waals surface area contributed by atoms with Crippen LogP contribution in [0.25, 0.3) is 0 Å². The number of carbonyl (C=O) groups excluding carboxylic acids is 4. The number of aliphatic carboxylic acids is 2. The molecule has 28 heavy (non-hydrogen) atoms. The first-order valence-corrected chi connectivity index (χ1v) is 8.52. The fourth-order valence-corrected chi connectivity index (χ4v) is 1.99. The SMILES string of the molecule is CC(NC(=O)C(N)CS)C(=O)NC(CC(=O)O)C(=O)NC(CC(N)=O)C(=O)O. The Bertz CT molecular complexity index is 643. The highest BCUT2D eigenvalue weighted by Gasteiger charge is 2.30. The number of carbonyl (C=O) groups is 6. The van der Waals surface area contributed by atoms with Crippen LogP contribution in [-0.2, 0) is 28.8 Å². The van der Waals surface area contributed by atoms with E-state index in [9.17, 15) is 28.8 Å². The molecule has 0 aliphatic heterocycles. The summed E-state index contributed by atoms with van der Waals surface area (Å²) in [5, 5.41) is 24.2.